The molecule has 5 nitrogen and oxygen atoms in total. The molecule has 1 aliphatic carbocycles. The zero-order chi connectivity index (χ0) is 21.8. The molecule has 160 valence electrons. The van der Waals surface area contributed by atoms with Crippen molar-refractivity contribution in [2.24, 2.45) is 0 Å². The van der Waals surface area contributed by atoms with Crippen LogP contribution in [0.2, 0.25) is 0 Å². The maximum atomic E-state index is 14.0. The van der Waals surface area contributed by atoms with E-state index in [9.17, 15) is 18.4 Å². The maximum absolute atomic E-state index is 14.0. The highest BCUT2D eigenvalue weighted by Gasteiger charge is 2.30. The van der Waals surface area contributed by atoms with E-state index in [0.717, 1.165) is 18.9 Å². The van der Waals surface area contributed by atoms with Gasteiger partial charge in [-0.05, 0) is 54.6 Å². The molecular weight excluding hydrogens is 420 g/mol. The molecule has 0 bridgehead atoms. The molecule has 0 radical (unpaired) electrons. The number of thiophene rings is 1. The molecule has 8 heteroatoms. The third-order valence-corrected chi connectivity index (χ3v) is 5.84. The van der Waals surface area contributed by atoms with Crippen molar-refractivity contribution in [3.63, 3.8) is 0 Å². The molecule has 3 aromatic rings. The molecule has 2 N–H and O–H groups in total. The van der Waals surface area contributed by atoms with E-state index >= 15 is 0 Å². The Bertz CT molecular complexity index is 1070. The molecule has 1 fully saturated rings. The lowest BCUT2D eigenvalue weighted by atomic mass is 10.2. The molecule has 31 heavy (non-hydrogen) atoms. The highest BCUT2D eigenvalue weighted by atomic mass is 32.1. The second kappa shape index (κ2) is 9.36. The topological polar surface area (TPSA) is 61.4 Å². The normalized spacial score (nSPS) is 13.3. The zero-order valence-electron chi connectivity index (χ0n) is 16.6. The molecule has 0 atom stereocenters. The number of anilines is 2. The van der Waals surface area contributed by atoms with Crippen LogP contribution in [-0.2, 0) is 11.3 Å². The Morgan fingerprint density at radius 1 is 1.00 bits per heavy atom. The number of carbonyl (C=O) groups is 2. The first-order valence-electron chi connectivity index (χ1n) is 9.91. The summed E-state index contributed by atoms with van der Waals surface area (Å²) in [7, 11) is 0. The zero-order valence-corrected chi connectivity index (χ0v) is 17.4. The Morgan fingerprint density at radius 2 is 1.71 bits per heavy atom. The lowest BCUT2D eigenvalue weighted by Gasteiger charge is -2.22. The van der Waals surface area contributed by atoms with E-state index < -0.39 is 11.6 Å². The van der Waals surface area contributed by atoms with Crippen molar-refractivity contribution >= 4 is 34.5 Å². The molecule has 0 saturated heterocycles. The van der Waals surface area contributed by atoms with Crippen LogP contribution in [0.4, 0.5) is 20.2 Å². The number of halogens is 2. The van der Waals surface area contributed by atoms with Gasteiger partial charge in [0, 0.05) is 35.6 Å². The van der Waals surface area contributed by atoms with Crippen LogP contribution in [-0.4, -0.2) is 29.3 Å². The number of hydrogen-bond acceptors (Lipinski definition) is 4. The number of amides is 2. The SMILES string of the molecule is O=C(CN(Cc1ccc(F)cc1F)C1CC1)Nc1ccc(NC(=O)c2cccs2)cc1. The first-order chi connectivity index (χ1) is 15.0. The average Bonchev–Trinajstić information content (AvgIpc) is 3.44. The Labute approximate surface area is 182 Å². The van der Waals surface area contributed by atoms with Crippen LogP contribution in [0.3, 0.4) is 0 Å². The van der Waals surface area contributed by atoms with Crippen LogP contribution >= 0.6 is 11.3 Å². The van der Waals surface area contributed by atoms with Gasteiger partial charge in [0.1, 0.15) is 11.6 Å². The minimum atomic E-state index is -0.619. The number of carbonyl (C=O) groups excluding carboxylic acids is 2. The molecule has 1 aliphatic rings. The fourth-order valence-electron chi connectivity index (χ4n) is 3.24. The Morgan fingerprint density at radius 3 is 2.32 bits per heavy atom. The molecule has 1 saturated carbocycles. The highest BCUT2D eigenvalue weighted by Crippen LogP contribution is 2.29. The van der Waals surface area contributed by atoms with Crippen LogP contribution in [0.5, 0.6) is 0 Å². The van der Waals surface area contributed by atoms with E-state index in [1.54, 1.807) is 30.3 Å². The summed E-state index contributed by atoms with van der Waals surface area (Å²) in [4.78, 5) is 27.2. The summed E-state index contributed by atoms with van der Waals surface area (Å²) in [6.45, 7) is 0.357. The van der Waals surface area contributed by atoms with E-state index in [1.165, 1.54) is 23.5 Å². The molecule has 0 aliphatic heterocycles. The van der Waals surface area contributed by atoms with Crippen molar-refractivity contribution in [1.29, 1.82) is 0 Å². The number of nitrogens with zero attached hydrogens (tertiary/aromatic N) is 1. The van der Waals surface area contributed by atoms with Gasteiger partial charge in [-0.2, -0.15) is 0 Å². The first-order valence-corrected chi connectivity index (χ1v) is 10.8. The van der Waals surface area contributed by atoms with Crippen LogP contribution in [0, 0.1) is 11.6 Å². The van der Waals surface area contributed by atoms with Crippen molar-refractivity contribution in [2.75, 3.05) is 17.2 Å². The van der Waals surface area contributed by atoms with Crippen molar-refractivity contribution in [2.45, 2.75) is 25.4 Å². The van der Waals surface area contributed by atoms with Crippen molar-refractivity contribution < 1.29 is 18.4 Å². The summed E-state index contributed by atoms with van der Waals surface area (Å²) < 4.78 is 27.1. The van der Waals surface area contributed by atoms with Gasteiger partial charge in [-0.1, -0.05) is 12.1 Å². The number of rotatable bonds is 8. The summed E-state index contributed by atoms with van der Waals surface area (Å²) in [5.74, 6) is -1.62. The summed E-state index contributed by atoms with van der Waals surface area (Å²) in [5.41, 5.74) is 1.59. The minimum Gasteiger partial charge on any atom is -0.325 e. The fourth-order valence-corrected chi connectivity index (χ4v) is 3.86. The van der Waals surface area contributed by atoms with Crippen LogP contribution < -0.4 is 10.6 Å². The predicted molar refractivity (Wildman–Crippen MR) is 117 cm³/mol. The molecule has 2 amide bonds. The lowest BCUT2D eigenvalue weighted by Crippen LogP contribution is -2.34. The van der Waals surface area contributed by atoms with E-state index in [-0.39, 0.29) is 30.9 Å². The molecule has 4 rings (SSSR count). The highest BCUT2D eigenvalue weighted by molar-refractivity contribution is 7.12. The minimum absolute atomic E-state index is 0.109. The lowest BCUT2D eigenvalue weighted by molar-refractivity contribution is -0.117. The third-order valence-electron chi connectivity index (χ3n) is 4.97. The standard InChI is InChI=1S/C23H21F2N3O2S/c24-16-4-3-15(20(25)12-16)13-28(19-9-10-19)14-22(29)26-17-5-7-18(8-6-17)27-23(30)21-2-1-11-31-21/h1-8,11-12,19H,9-10,13-14H2,(H,26,29)(H,27,30). The van der Waals surface area contributed by atoms with E-state index in [2.05, 4.69) is 10.6 Å². The van der Waals surface area contributed by atoms with E-state index in [0.29, 0.717) is 21.8 Å². The number of hydrogen-bond donors (Lipinski definition) is 2. The van der Waals surface area contributed by atoms with Gasteiger partial charge >= 0.3 is 0 Å². The van der Waals surface area contributed by atoms with Gasteiger partial charge in [-0.3, -0.25) is 14.5 Å². The van der Waals surface area contributed by atoms with Crippen LogP contribution in [0.25, 0.3) is 0 Å². The Kier molecular flexibility index (Phi) is 6.39. The monoisotopic (exact) mass is 441 g/mol. The summed E-state index contributed by atoms with van der Waals surface area (Å²) in [5, 5.41) is 7.47. The van der Waals surface area contributed by atoms with Gasteiger partial charge in [0.05, 0.1) is 11.4 Å². The molecule has 2 aromatic carbocycles. The summed E-state index contributed by atoms with van der Waals surface area (Å²) in [6, 6.07) is 14.1. The van der Waals surface area contributed by atoms with Gasteiger partial charge in [0.15, 0.2) is 0 Å². The van der Waals surface area contributed by atoms with Gasteiger partial charge in [-0.25, -0.2) is 8.78 Å². The summed E-state index contributed by atoms with van der Waals surface area (Å²) in [6.07, 6.45) is 1.91. The number of benzene rings is 2. The Hall–Kier alpha value is -3.10. The van der Waals surface area contributed by atoms with E-state index in [4.69, 9.17) is 0 Å². The van der Waals surface area contributed by atoms with Gasteiger partial charge in [0.2, 0.25) is 5.91 Å². The smallest absolute Gasteiger partial charge is 0.265 e. The molecule has 0 unspecified atom stereocenters. The molecule has 1 aromatic heterocycles. The largest absolute Gasteiger partial charge is 0.325 e. The quantitative estimate of drug-likeness (QED) is 0.524. The van der Waals surface area contributed by atoms with Gasteiger partial charge < -0.3 is 10.6 Å². The number of nitrogens with one attached hydrogen (secondary N) is 2. The van der Waals surface area contributed by atoms with E-state index in [1.807, 2.05) is 16.3 Å². The average molecular weight is 442 g/mol. The maximum Gasteiger partial charge on any atom is 0.265 e. The Balaban J connectivity index is 1.33. The van der Waals surface area contributed by atoms with Gasteiger partial charge in [0.25, 0.3) is 5.91 Å². The third kappa shape index (κ3) is 5.74. The van der Waals surface area contributed by atoms with Crippen molar-refractivity contribution in [3.8, 4) is 0 Å². The van der Waals surface area contributed by atoms with Crippen LogP contribution in [0.1, 0.15) is 28.1 Å². The first kappa shape index (κ1) is 21.1. The summed E-state index contributed by atoms with van der Waals surface area (Å²) >= 11 is 1.36. The second-order valence-electron chi connectivity index (χ2n) is 7.43. The second-order valence-corrected chi connectivity index (χ2v) is 8.38. The molecule has 0 spiro atoms. The van der Waals surface area contributed by atoms with Crippen molar-refractivity contribution in [1.82, 2.24) is 4.90 Å². The van der Waals surface area contributed by atoms with Crippen LogP contribution in [0.15, 0.2) is 60.0 Å². The molecule has 1 heterocycles. The predicted octanol–water partition coefficient (Wildman–Crippen LogP) is 4.88. The fraction of sp³-hybridized carbons (Fsp3) is 0.217. The van der Waals surface area contributed by atoms with Gasteiger partial charge in [-0.15, -0.1) is 11.3 Å². The van der Waals surface area contributed by atoms with Crippen molar-refractivity contribution in [3.05, 3.63) is 82.1 Å². The molecular formula is C23H21F2N3O2S.